The van der Waals surface area contributed by atoms with Gasteiger partial charge in [0.1, 0.15) is 5.75 Å². The van der Waals surface area contributed by atoms with Crippen LogP contribution in [0.4, 0.5) is 0 Å². The molecule has 112 valence electrons. The summed E-state index contributed by atoms with van der Waals surface area (Å²) < 4.78 is 11.6. The maximum absolute atomic E-state index is 6.02. The molecular formula is C18H23NO2. The van der Waals surface area contributed by atoms with Crippen LogP contribution in [0.25, 0.3) is 0 Å². The fourth-order valence-corrected chi connectivity index (χ4v) is 2.01. The van der Waals surface area contributed by atoms with Crippen LogP contribution in [0, 0.1) is 0 Å². The van der Waals surface area contributed by atoms with E-state index >= 15 is 0 Å². The van der Waals surface area contributed by atoms with Crippen molar-refractivity contribution in [1.29, 1.82) is 0 Å². The van der Waals surface area contributed by atoms with Crippen LogP contribution in [0.1, 0.15) is 38.3 Å². The molecule has 3 heteroatoms. The van der Waals surface area contributed by atoms with Gasteiger partial charge in [-0.3, -0.25) is 0 Å². The molecule has 0 aromatic heterocycles. The van der Waals surface area contributed by atoms with Crippen molar-refractivity contribution in [3.63, 3.8) is 0 Å². The minimum absolute atomic E-state index is 0.0826. The standard InChI is InChI=1S/C18H23NO2/c1-3-13-20-17-7-5-6-8-18(17)21-15-11-9-14(10-12-15)16(19)4-2/h5-12,16H,3-4,13,19H2,1-2H3/t16-/m0/s1. The molecule has 3 nitrogen and oxygen atoms in total. The van der Waals surface area contributed by atoms with Gasteiger partial charge in [0.25, 0.3) is 0 Å². The van der Waals surface area contributed by atoms with Crippen molar-refractivity contribution in [3.8, 4) is 17.2 Å². The number of rotatable bonds is 7. The Kier molecular flexibility index (Phi) is 5.64. The van der Waals surface area contributed by atoms with E-state index < -0.39 is 0 Å². The van der Waals surface area contributed by atoms with Gasteiger partial charge in [-0.05, 0) is 42.7 Å². The minimum Gasteiger partial charge on any atom is -0.490 e. The van der Waals surface area contributed by atoms with E-state index in [0.29, 0.717) is 6.61 Å². The molecule has 0 radical (unpaired) electrons. The summed E-state index contributed by atoms with van der Waals surface area (Å²) >= 11 is 0. The quantitative estimate of drug-likeness (QED) is 0.803. The van der Waals surface area contributed by atoms with Crippen molar-refractivity contribution in [3.05, 3.63) is 54.1 Å². The van der Waals surface area contributed by atoms with E-state index in [0.717, 1.165) is 35.7 Å². The third-order valence-corrected chi connectivity index (χ3v) is 3.29. The molecule has 0 saturated heterocycles. The molecule has 2 rings (SSSR count). The highest BCUT2D eigenvalue weighted by Crippen LogP contribution is 2.31. The highest BCUT2D eigenvalue weighted by Gasteiger charge is 2.07. The van der Waals surface area contributed by atoms with E-state index in [9.17, 15) is 0 Å². The second-order valence-corrected chi connectivity index (χ2v) is 4.98. The van der Waals surface area contributed by atoms with E-state index in [-0.39, 0.29) is 6.04 Å². The van der Waals surface area contributed by atoms with Crippen LogP contribution < -0.4 is 15.2 Å². The Morgan fingerprint density at radius 3 is 2.24 bits per heavy atom. The molecule has 0 amide bonds. The van der Waals surface area contributed by atoms with Gasteiger partial charge in [0.15, 0.2) is 11.5 Å². The van der Waals surface area contributed by atoms with Gasteiger partial charge >= 0.3 is 0 Å². The monoisotopic (exact) mass is 285 g/mol. The molecule has 21 heavy (non-hydrogen) atoms. The van der Waals surface area contributed by atoms with E-state index in [1.165, 1.54) is 0 Å². The highest BCUT2D eigenvalue weighted by molar-refractivity contribution is 5.43. The van der Waals surface area contributed by atoms with Gasteiger partial charge in [-0.1, -0.05) is 38.1 Å². The van der Waals surface area contributed by atoms with Gasteiger partial charge in [0.2, 0.25) is 0 Å². The lowest BCUT2D eigenvalue weighted by Crippen LogP contribution is -2.08. The average Bonchev–Trinajstić information content (AvgIpc) is 2.54. The van der Waals surface area contributed by atoms with Crippen molar-refractivity contribution in [2.45, 2.75) is 32.7 Å². The van der Waals surface area contributed by atoms with Gasteiger partial charge in [0.05, 0.1) is 6.61 Å². The second kappa shape index (κ2) is 7.70. The normalized spacial score (nSPS) is 12.0. The number of ether oxygens (including phenoxy) is 2. The summed E-state index contributed by atoms with van der Waals surface area (Å²) in [5.41, 5.74) is 7.14. The van der Waals surface area contributed by atoms with Gasteiger partial charge in [-0.25, -0.2) is 0 Å². The Balaban J connectivity index is 2.11. The third kappa shape index (κ3) is 4.23. The van der Waals surface area contributed by atoms with Crippen molar-refractivity contribution < 1.29 is 9.47 Å². The predicted molar refractivity (Wildman–Crippen MR) is 86.0 cm³/mol. The van der Waals surface area contributed by atoms with Gasteiger partial charge in [0, 0.05) is 6.04 Å². The molecule has 0 aliphatic rings. The van der Waals surface area contributed by atoms with Crippen molar-refractivity contribution >= 4 is 0 Å². The lowest BCUT2D eigenvalue weighted by atomic mass is 10.1. The van der Waals surface area contributed by atoms with Crippen LogP contribution in [0.2, 0.25) is 0 Å². The van der Waals surface area contributed by atoms with Crippen LogP contribution in [0.15, 0.2) is 48.5 Å². The predicted octanol–water partition coefficient (Wildman–Crippen LogP) is 4.68. The average molecular weight is 285 g/mol. The highest BCUT2D eigenvalue weighted by atomic mass is 16.5. The Hall–Kier alpha value is -2.00. The number of benzene rings is 2. The number of para-hydroxylation sites is 2. The van der Waals surface area contributed by atoms with Crippen molar-refractivity contribution in [2.75, 3.05) is 6.61 Å². The molecule has 0 saturated carbocycles. The fraction of sp³-hybridized carbons (Fsp3) is 0.333. The topological polar surface area (TPSA) is 44.5 Å². The maximum Gasteiger partial charge on any atom is 0.169 e. The Bertz CT molecular complexity index is 551. The van der Waals surface area contributed by atoms with Gasteiger partial charge in [-0.15, -0.1) is 0 Å². The fourth-order valence-electron chi connectivity index (χ4n) is 2.01. The first-order valence-corrected chi connectivity index (χ1v) is 7.49. The third-order valence-electron chi connectivity index (χ3n) is 3.29. The number of hydrogen-bond donors (Lipinski definition) is 1. The van der Waals surface area contributed by atoms with Crippen LogP contribution in [-0.4, -0.2) is 6.61 Å². The summed E-state index contributed by atoms with van der Waals surface area (Å²) in [5, 5.41) is 0. The van der Waals surface area contributed by atoms with Crippen molar-refractivity contribution in [1.82, 2.24) is 0 Å². The van der Waals surface area contributed by atoms with Crippen LogP contribution in [-0.2, 0) is 0 Å². The van der Waals surface area contributed by atoms with E-state index in [4.69, 9.17) is 15.2 Å². The summed E-state index contributed by atoms with van der Waals surface area (Å²) in [7, 11) is 0. The van der Waals surface area contributed by atoms with Crippen LogP contribution in [0.5, 0.6) is 17.2 Å². The molecule has 0 aliphatic carbocycles. The molecule has 0 unspecified atom stereocenters. The molecular weight excluding hydrogens is 262 g/mol. The Morgan fingerprint density at radius 2 is 1.62 bits per heavy atom. The summed E-state index contributed by atoms with van der Waals surface area (Å²) in [6.07, 6.45) is 1.89. The molecule has 1 atom stereocenters. The first-order valence-electron chi connectivity index (χ1n) is 7.49. The second-order valence-electron chi connectivity index (χ2n) is 4.98. The molecule has 0 bridgehead atoms. The molecule has 0 fully saturated rings. The number of hydrogen-bond acceptors (Lipinski definition) is 3. The first kappa shape index (κ1) is 15.4. The van der Waals surface area contributed by atoms with E-state index in [1.54, 1.807) is 0 Å². The summed E-state index contributed by atoms with van der Waals surface area (Å²) in [4.78, 5) is 0. The lowest BCUT2D eigenvalue weighted by Gasteiger charge is -2.13. The Labute approximate surface area is 126 Å². The van der Waals surface area contributed by atoms with Crippen LogP contribution >= 0.6 is 0 Å². The number of nitrogens with two attached hydrogens (primary N) is 1. The van der Waals surface area contributed by atoms with Gasteiger partial charge < -0.3 is 15.2 Å². The zero-order chi connectivity index (χ0) is 15.1. The molecule has 0 spiro atoms. The molecule has 2 aromatic rings. The lowest BCUT2D eigenvalue weighted by molar-refractivity contribution is 0.302. The minimum atomic E-state index is 0.0826. The maximum atomic E-state index is 6.02. The first-order chi connectivity index (χ1) is 10.2. The SMILES string of the molecule is CCCOc1ccccc1Oc1ccc([C@@H](N)CC)cc1. The largest absolute Gasteiger partial charge is 0.490 e. The summed E-state index contributed by atoms with van der Waals surface area (Å²) in [5.74, 6) is 2.29. The zero-order valence-corrected chi connectivity index (χ0v) is 12.7. The Morgan fingerprint density at radius 1 is 0.952 bits per heavy atom. The molecule has 0 heterocycles. The summed E-state index contributed by atoms with van der Waals surface area (Å²) in [6, 6.07) is 15.7. The van der Waals surface area contributed by atoms with E-state index in [1.807, 2.05) is 48.5 Å². The van der Waals surface area contributed by atoms with Crippen molar-refractivity contribution in [2.24, 2.45) is 5.73 Å². The van der Waals surface area contributed by atoms with Crippen LogP contribution in [0.3, 0.4) is 0 Å². The smallest absolute Gasteiger partial charge is 0.169 e. The van der Waals surface area contributed by atoms with Gasteiger partial charge in [-0.2, -0.15) is 0 Å². The van der Waals surface area contributed by atoms with E-state index in [2.05, 4.69) is 13.8 Å². The molecule has 2 N–H and O–H groups in total. The zero-order valence-electron chi connectivity index (χ0n) is 12.7. The molecule has 0 aliphatic heterocycles. The summed E-state index contributed by atoms with van der Waals surface area (Å²) in [6.45, 7) is 4.85. The molecule has 2 aromatic carbocycles.